The van der Waals surface area contributed by atoms with Crippen molar-refractivity contribution in [3.8, 4) is 0 Å². The van der Waals surface area contributed by atoms with E-state index in [0.29, 0.717) is 34.5 Å². The van der Waals surface area contributed by atoms with Crippen LogP contribution in [0, 0.1) is 5.92 Å². The van der Waals surface area contributed by atoms with Crippen molar-refractivity contribution in [1.82, 2.24) is 24.1 Å². The molecule has 3 aromatic rings. The van der Waals surface area contributed by atoms with Crippen molar-refractivity contribution in [2.45, 2.75) is 31.5 Å². The minimum Gasteiger partial charge on any atom is -0.342 e. The van der Waals surface area contributed by atoms with Crippen molar-refractivity contribution in [2.75, 3.05) is 18.8 Å². The van der Waals surface area contributed by atoms with Gasteiger partial charge in [0.2, 0.25) is 11.7 Å². The van der Waals surface area contributed by atoms with Gasteiger partial charge in [-0.1, -0.05) is 36.9 Å². The van der Waals surface area contributed by atoms with Gasteiger partial charge >= 0.3 is 0 Å². The maximum absolute atomic E-state index is 12.8. The highest BCUT2D eigenvalue weighted by molar-refractivity contribution is 7.99. The SMILES string of the molecule is C=CCn1c(=O)c2ccccc2n2c(SCC(=O)N3CCCC(C)C3)nnc12. The van der Waals surface area contributed by atoms with E-state index in [0.717, 1.165) is 25.0 Å². The molecule has 0 aliphatic carbocycles. The Labute approximate surface area is 167 Å². The van der Waals surface area contributed by atoms with E-state index in [4.69, 9.17) is 0 Å². The van der Waals surface area contributed by atoms with Gasteiger partial charge in [0.1, 0.15) is 0 Å². The summed E-state index contributed by atoms with van der Waals surface area (Å²) in [5, 5.41) is 9.71. The molecule has 0 spiro atoms. The highest BCUT2D eigenvalue weighted by Crippen LogP contribution is 2.23. The molecule has 0 saturated carbocycles. The molecule has 146 valence electrons. The second kappa shape index (κ2) is 7.79. The van der Waals surface area contributed by atoms with E-state index in [1.54, 1.807) is 16.7 Å². The number of likely N-dealkylation sites (tertiary alicyclic amines) is 1. The lowest BCUT2D eigenvalue weighted by Crippen LogP contribution is -2.40. The molecule has 1 fully saturated rings. The van der Waals surface area contributed by atoms with Crippen molar-refractivity contribution in [2.24, 2.45) is 5.92 Å². The number of amides is 1. The van der Waals surface area contributed by atoms with Gasteiger partial charge in [0, 0.05) is 19.6 Å². The second-order valence-electron chi connectivity index (χ2n) is 7.22. The summed E-state index contributed by atoms with van der Waals surface area (Å²) in [5.41, 5.74) is 0.625. The molecule has 0 radical (unpaired) electrons. The first-order valence-electron chi connectivity index (χ1n) is 9.48. The lowest BCUT2D eigenvalue weighted by molar-refractivity contribution is -0.130. The van der Waals surface area contributed by atoms with Gasteiger partial charge in [-0.15, -0.1) is 16.8 Å². The normalized spacial score (nSPS) is 17.3. The first kappa shape index (κ1) is 18.7. The number of fused-ring (bicyclic) bond motifs is 3. The zero-order valence-corrected chi connectivity index (χ0v) is 16.7. The monoisotopic (exact) mass is 397 g/mol. The van der Waals surface area contributed by atoms with E-state index < -0.39 is 0 Å². The summed E-state index contributed by atoms with van der Waals surface area (Å²) < 4.78 is 3.41. The Morgan fingerprint density at radius 1 is 1.36 bits per heavy atom. The smallest absolute Gasteiger partial charge is 0.263 e. The number of nitrogens with zero attached hydrogens (tertiary/aromatic N) is 5. The Kier molecular flexibility index (Phi) is 5.21. The molecule has 2 aromatic heterocycles. The van der Waals surface area contributed by atoms with Crippen LogP contribution in [0.4, 0.5) is 0 Å². The molecule has 3 heterocycles. The average molecular weight is 398 g/mol. The molecule has 0 bridgehead atoms. The van der Waals surface area contributed by atoms with Crippen LogP contribution in [0.1, 0.15) is 19.8 Å². The van der Waals surface area contributed by atoms with Crippen LogP contribution in [0.3, 0.4) is 0 Å². The summed E-state index contributed by atoms with van der Waals surface area (Å²) in [5.74, 6) is 1.44. The third-order valence-electron chi connectivity index (χ3n) is 5.12. The number of benzene rings is 1. The van der Waals surface area contributed by atoms with Gasteiger partial charge in [-0.2, -0.15) is 0 Å². The number of allylic oxidation sites excluding steroid dienone is 1. The number of carbonyl (C=O) groups is 1. The molecule has 1 aromatic carbocycles. The van der Waals surface area contributed by atoms with Gasteiger partial charge in [-0.3, -0.25) is 18.6 Å². The molecule has 1 unspecified atom stereocenters. The lowest BCUT2D eigenvalue weighted by atomic mass is 10.0. The summed E-state index contributed by atoms with van der Waals surface area (Å²) in [4.78, 5) is 27.4. The summed E-state index contributed by atoms with van der Waals surface area (Å²) >= 11 is 1.36. The van der Waals surface area contributed by atoms with Crippen LogP contribution in [0.25, 0.3) is 16.7 Å². The third-order valence-corrected chi connectivity index (χ3v) is 6.04. The fourth-order valence-corrected chi connectivity index (χ4v) is 4.60. The van der Waals surface area contributed by atoms with E-state index in [1.807, 2.05) is 27.5 Å². The van der Waals surface area contributed by atoms with Gasteiger partial charge in [0.25, 0.3) is 5.56 Å². The Hall–Kier alpha value is -2.61. The van der Waals surface area contributed by atoms with Crippen molar-refractivity contribution in [3.05, 3.63) is 47.3 Å². The van der Waals surface area contributed by atoms with Crippen molar-refractivity contribution in [3.63, 3.8) is 0 Å². The predicted molar refractivity (Wildman–Crippen MR) is 111 cm³/mol. The maximum Gasteiger partial charge on any atom is 0.263 e. The maximum atomic E-state index is 12.8. The van der Waals surface area contributed by atoms with Gasteiger partial charge in [-0.05, 0) is 30.9 Å². The standard InChI is InChI=1S/C20H23N5O2S/c1-3-10-24-18(27)15-8-4-5-9-16(15)25-19(24)21-22-20(25)28-13-17(26)23-11-6-7-14(2)12-23/h3-5,8-9,14H,1,6-7,10-13H2,2H3. The first-order chi connectivity index (χ1) is 13.6. The first-order valence-corrected chi connectivity index (χ1v) is 10.5. The minimum absolute atomic E-state index is 0.120. The Bertz CT molecular complexity index is 1100. The zero-order chi connectivity index (χ0) is 19.7. The molecule has 1 aliphatic rings. The Morgan fingerprint density at radius 3 is 2.96 bits per heavy atom. The van der Waals surface area contributed by atoms with E-state index in [9.17, 15) is 9.59 Å². The number of thioether (sulfide) groups is 1. The summed E-state index contributed by atoms with van der Waals surface area (Å²) in [7, 11) is 0. The van der Waals surface area contributed by atoms with Crippen LogP contribution >= 0.6 is 11.8 Å². The number of para-hydroxylation sites is 1. The van der Waals surface area contributed by atoms with Crippen LogP contribution in [-0.2, 0) is 11.3 Å². The van der Waals surface area contributed by atoms with Gasteiger partial charge in [0.05, 0.1) is 16.7 Å². The molecular weight excluding hydrogens is 374 g/mol. The summed E-state index contributed by atoms with van der Waals surface area (Å²) in [6, 6.07) is 7.40. The van der Waals surface area contributed by atoms with E-state index in [1.165, 1.54) is 18.2 Å². The highest BCUT2D eigenvalue weighted by atomic mass is 32.2. The number of hydrogen-bond donors (Lipinski definition) is 0. The van der Waals surface area contributed by atoms with E-state index in [2.05, 4.69) is 23.7 Å². The molecule has 28 heavy (non-hydrogen) atoms. The van der Waals surface area contributed by atoms with Crippen LogP contribution in [0.15, 0.2) is 46.9 Å². The number of rotatable bonds is 5. The fourth-order valence-electron chi connectivity index (χ4n) is 3.75. The van der Waals surface area contributed by atoms with Gasteiger partial charge in [0.15, 0.2) is 5.16 Å². The second-order valence-corrected chi connectivity index (χ2v) is 8.16. The summed E-state index contributed by atoms with van der Waals surface area (Å²) in [6.45, 7) is 7.91. The van der Waals surface area contributed by atoms with Crippen LogP contribution < -0.4 is 5.56 Å². The summed E-state index contributed by atoms with van der Waals surface area (Å²) in [6.07, 6.45) is 3.90. The Balaban J connectivity index is 1.69. The predicted octanol–water partition coefficient (Wildman–Crippen LogP) is 2.58. The third kappa shape index (κ3) is 3.32. The van der Waals surface area contributed by atoms with Crippen LogP contribution in [0.5, 0.6) is 0 Å². The van der Waals surface area contributed by atoms with Crippen molar-refractivity contribution >= 4 is 34.3 Å². The molecule has 7 nitrogen and oxygen atoms in total. The molecule has 1 atom stereocenters. The molecule has 1 amide bonds. The number of piperidine rings is 1. The number of aromatic nitrogens is 4. The number of carbonyl (C=O) groups excluding carboxylic acids is 1. The Morgan fingerprint density at radius 2 is 2.18 bits per heavy atom. The van der Waals surface area contributed by atoms with Crippen LogP contribution in [0.2, 0.25) is 0 Å². The molecule has 1 saturated heterocycles. The quantitative estimate of drug-likeness (QED) is 0.489. The average Bonchev–Trinajstić information content (AvgIpc) is 3.13. The topological polar surface area (TPSA) is 72.5 Å². The van der Waals surface area contributed by atoms with Crippen molar-refractivity contribution < 1.29 is 4.79 Å². The van der Waals surface area contributed by atoms with Crippen LogP contribution in [-0.4, -0.2) is 48.8 Å². The fraction of sp³-hybridized carbons (Fsp3) is 0.400. The van der Waals surface area contributed by atoms with Gasteiger partial charge < -0.3 is 4.90 Å². The molecular formula is C20H23N5O2S. The molecule has 4 rings (SSSR count). The van der Waals surface area contributed by atoms with E-state index >= 15 is 0 Å². The lowest BCUT2D eigenvalue weighted by Gasteiger charge is -2.30. The largest absolute Gasteiger partial charge is 0.342 e. The van der Waals surface area contributed by atoms with Crippen molar-refractivity contribution in [1.29, 1.82) is 0 Å². The van der Waals surface area contributed by atoms with E-state index in [-0.39, 0.29) is 11.5 Å². The number of hydrogen-bond acceptors (Lipinski definition) is 5. The molecule has 1 aliphatic heterocycles. The zero-order valence-electron chi connectivity index (χ0n) is 15.9. The molecule has 8 heteroatoms. The van der Waals surface area contributed by atoms with Gasteiger partial charge in [-0.25, -0.2) is 0 Å². The highest BCUT2D eigenvalue weighted by Gasteiger charge is 2.22. The molecule has 0 N–H and O–H groups in total. The minimum atomic E-state index is -0.120.